The summed E-state index contributed by atoms with van der Waals surface area (Å²) in [5, 5.41) is 1.97. The molecule has 0 saturated carbocycles. The summed E-state index contributed by atoms with van der Waals surface area (Å²) in [4.78, 5) is 11.9. The van der Waals surface area contributed by atoms with Crippen molar-refractivity contribution in [2.24, 2.45) is 0 Å². The highest BCUT2D eigenvalue weighted by Crippen LogP contribution is 2.39. The van der Waals surface area contributed by atoms with E-state index in [9.17, 15) is 26.7 Å². The van der Waals surface area contributed by atoms with Crippen molar-refractivity contribution in [2.75, 3.05) is 6.54 Å². The van der Waals surface area contributed by atoms with Crippen molar-refractivity contribution in [3.8, 4) is 0 Å². The molecule has 0 aliphatic heterocycles. The molecule has 0 saturated heterocycles. The first kappa shape index (κ1) is 18.4. The van der Waals surface area contributed by atoms with Gasteiger partial charge < -0.3 is 5.32 Å². The normalized spacial score (nSPS) is 12.1. The summed E-state index contributed by atoms with van der Waals surface area (Å²) in [6.07, 6.45) is -4.91. The lowest BCUT2D eigenvalue weighted by atomic mass is 10.0. The summed E-state index contributed by atoms with van der Waals surface area (Å²) in [6.45, 7) is -1.25. The molecule has 8 heteroatoms. The number of halogens is 6. The van der Waals surface area contributed by atoms with Crippen LogP contribution in [0.15, 0.2) is 53.0 Å². The number of carbonyl (C=O) groups is 1. The Bertz CT molecular complexity index is 745. The van der Waals surface area contributed by atoms with Gasteiger partial charge in [0.1, 0.15) is 0 Å². The van der Waals surface area contributed by atoms with Gasteiger partial charge in [-0.1, -0.05) is 30.3 Å². The number of rotatable bonds is 4. The molecular weight excluding hydrogens is 397 g/mol. The van der Waals surface area contributed by atoms with Gasteiger partial charge in [-0.2, -0.15) is 22.0 Å². The van der Waals surface area contributed by atoms with E-state index in [0.29, 0.717) is 16.6 Å². The summed E-state index contributed by atoms with van der Waals surface area (Å²) in [5.74, 6) is -4.69. The van der Waals surface area contributed by atoms with Crippen LogP contribution in [0.4, 0.5) is 22.0 Å². The molecule has 0 atom stereocenters. The average molecular weight is 408 g/mol. The van der Waals surface area contributed by atoms with Crippen LogP contribution in [0.5, 0.6) is 0 Å². The molecular formula is C16H11BrF5NO. The Balaban J connectivity index is 2.21. The summed E-state index contributed by atoms with van der Waals surface area (Å²) in [5.41, 5.74) is -2.49. The van der Waals surface area contributed by atoms with Crippen LogP contribution in [0.25, 0.3) is 0 Å². The molecule has 2 aromatic rings. The van der Waals surface area contributed by atoms with Crippen molar-refractivity contribution in [3.05, 3.63) is 69.7 Å². The standard InChI is InChI=1S/C16H11BrF5NO/c17-13-8-4-1-5-10(13)14(24)23-9-15(18,19)11-6-2-3-7-12(11)16(20,21)22/h1-8H,9H2,(H,23,24). The first-order valence-electron chi connectivity index (χ1n) is 6.70. The smallest absolute Gasteiger partial charge is 0.346 e. The van der Waals surface area contributed by atoms with Crippen molar-refractivity contribution in [2.45, 2.75) is 12.1 Å². The van der Waals surface area contributed by atoms with Gasteiger partial charge in [-0.15, -0.1) is 0 Å². The van der Waals surface area contributed by atoms with Crippen LogP contribution in [-0.2, 0) is 12.1 Å². The Labute approximate surface area is 142 Å². The van der Waals surface area contributed by atoms with Gasteiger partial charge in [0.05, 0.1) is 17.7 Å². The first-order valence-corrected chi connectivity index (χ1v) is 7.49. The van der Waals surface area contributed by atoms with Gasteiger partial charge >= 0.3 is 6.18 Å². The quantitative estimate of drug-likeness (QED) is 0.710. The van der Waals surface area contributed by atoms with E-state index in [1.807, 2.05) is 5.32 Å². The fraction of sp³-hybridized carbons (Fsp3) is 0.188. The molecule has 0 radical (unpaired) electrons. The molecule has 0 bridgehead atoms. The molecule has 128 valence electrons. The van der Waals surface area contributed by atoms with E-state index in [1.54, 1.807) is 12.1 Å². The highest BCUT2D eigenvalue weighted by atomic mass is 79.9. The lowest BCUT2D eigenvalue weighted by Gasteiger charge is -2.21. The van der Waals surface area contributed by atoms with Gasteiger partial charge in [-0.3, -0.25) is 4.79 Å². The van der Waals surface area contributed by atoms with Crippen LogP contribution < -0.4 is 5.32 Å². The third-order valence-corrected chi connectivity index (χ3v) is 3.91. The molecule has 0 aliphatic carbocycles. The predicted octanol–water partition coefficient (Wildman–Crippen LogP) is 4.99. The molecule has 0 unspecified atom stereocenters. The third-order valence-electron chi connectivity index (χ3n) is 3.22. The van der Waals surface area contributed by atoms with Crippen molar-refractivity contribution < 1.29 is 26.7 Å². The fourth-order valence-electron chi connectivity index (χ4n) is 2.08. The van der Waals surface area contributed by atoms with Gasteiger partial charge in [-0.05, 0) is 34.1 Å². The van der Waals surface area contributed by atoms with E-state index in [2.05, 4.69) is 15.9 Å². The SMILES string of the molecule is O=C(NCC(F)(F)c1ccccc1C(F)(F)F)c1ccccc1Br. The second-order valence-corrected chi connectivity index (χ2v) is 5.76. The Morgan fingerprint density at radius 1 is 0.917 bits per heavy atom. The third kappa shape index (κ3) is 4.11. The van der Waals surface area contributed by atoms with E-state index < -0.39 is 35.7 Å². The average Bonchev–Trinajstić information content (AvgIpc) is 2.52. The summed E-state index contributed by atoms with van der Waals surface area (Å²) in [7, 11) is 0. The lowest BCUT2D eigenvalue weighted by molar-refractivity contribution is -0.141. The summed E-state index contributed by atoms with van der Waals surface area (Å²) >= 11 is 3.10. The van der Waals surface area contributed by atoms with Gasteiger partial charge in [0.2, 0.25) is 0 Å². The number of carbonyl (C=O) groups excluding carboxylic acids is 1. The zero-order chi connectivity index (χ0) is 18.0. The van der Waals surface area contributed by atoms with Crippen LogP contribution in [0, 0.1) is 0 Å². The van der Waals surface area contributed by atoms with Crippen molar-refractivity contribution >= 4 is 21.8 Å². The second-order valence-electron chi connectivity index (χ2n) is 4.91. The lowest BCUT2D eigenvalue weighted by Crippen LogP contribution is -2.36. The second kappa shape index (κ2) is 6.88. The van der Waals surface area contributed by atoms with Crippen molar-refractivity contribution in [1.82, 2.24) is 5.32 Å². The number of hydrogen-bond donors (Lipinski definition) is 1. The number of hydrogen-bond acceptors (Lipinski definition) is 1. The molecule has 0 fully saturated rings. The van der Waals surface area contributed by atoms with Gasteiger partial charge in [0, 0.05) is 10.0 Å². The van der Waals surface area contributed by atoms with E-state index in [0.717, 1.165) is 12.1 Å². The number of alkyl halides is 5. The van der Waals surface area contributed by atoms with E-state index in [4.69, 9.17) is 0 Å². The van der Waals surface area contributed by atoms with Crippen LogP contribution in [0.2, 0.25) is 0 Å². The zero-order valence-electron chi connectivity index (χ0n) is 12.0. The predicted molar refractivity (Wildman–Crippen MR) is 81.8 cm³/mol. The molecule has 1 amide bonds. The van der Waals surface area contributed by atoms with E-state index in [1.165, 1.54) is 12.1 Å². The fourth-order valence-corrected chi connectivity index (χ4v) is 2.54. The van der Waals surface area contributed by atoms with Crippen LogP contribution >= 0.6 is 15.9 Å². The number of amides is 1. The van der Waals surface area contributed by atoms with Crippen LogP contribution in [-0.4, -0.2) is 12.5 Å². The molecule has 0 spiro atoms. The van der Waals surface area contributed by atoms with Gasteiger partial charge in [0.15, 0.2) is 0 Å². The Hall–Kier alpha value is -1.96. The molecule has 2 rings (SSSR count). The Kier molecular flexibility index (Phi) is 5.27. The Morgan fingerprint density at radius 3 is 2.04 bits per heavy atom. The highest BCUT2D eigenvalue weighted by molar-refractivity contribution is 9.10. The maximum Gasteiger partial charge on any atom is 0.416 e. The summed E-state index contributed by atoms with van der Waals surface area (Å²) in [6, 6.07) is 9.53. The Morgan fingerprint density at radius 2 is 1.46 bits per heavy atom. The molecule has 0 aromatic heterocycles. The maximum atomic E-state index is 14.2. The molecule has 24 heavy (non-hydrogen) atoms. The van der Waals surface area contributed by atoms with E-state index >= 15 is 0 Å². The minimum absolute atomic E-state index is 0.109. The molecule has 1 N–H and O–H groups in total. The first-order chi connectivity index (χ1) is 11.1. The highest BCUT2D eigenvalue weighted by Gasteiger charge is 2.42. The minimum Gasteiger partial charge on any atom is -0.346 e. The van der Waals surface area contributed by atoms with Crippen LogP contribution in [0.3, 0.4) is 0 Å². The van der Waals surface area contributed by atoms with Crippen molar-refractivity contribution in [1.29, 1.82) is 0 Å². The maximum absolute atomic E-state index is 14.2. The van der Waals surface area contributed by atoms with E-state index in [-0.39, 0.29) is 5.56 Å². The van der Waals surface area contributed by atoms with Crippen molar-refractivity contribution in [3.63, 3.8) is 0 Å². The molecule has 0 aliphatic rings. The molecule has 2 aromatic carbocycles. The number of benzene rings is 2. The van der Waals surface area contributed by atoms with Gasteiger partial charge in [-0.25, -0.2) is 0 Å². The largest absolute Gasteiger partial charge is 0.416 e. The molecule has 2 nitrogen and oxygen atoms in total. The minimum atomic E-state index is -4.91. The number of nitrogens with one attached hydrogen (secondary N) is 1. The molecule has 0 heterocycles. The van der Waals surface area contributed by atoms with Crippen LogP contribution in [0.1, 0.15) is 21.5 Å². The monoisotopic (exact) mass is 407 g/mol. The topological polar surface area (TPSA) is 29.1 Å². The van der Waals surface area contributed by atoms with Gasteiger partial charge in [0.25, 0.3) is 11.8 Å². The zero-order valence-corrected chi connectivity index (χ0v) is 13.6. The summed E-state index contributed by atoms with van der Waals surface area (Å²) < 4.78 is 67.4.